The first kappa shape index (κ1) is 10.0. The highest BCUT2D eigenvalue weighted by atomic mass is 35.5. The number of hydrogen-bond acceptors (Lipinski definition) is 1. The summed E-state index contributed by atoms with van der Waals surface area (Å²) in [7, 11) is 0. The summed E-state index contributed by atoms with van der Waals surface area (Å²) >= 11 is 6.41. The third-order valence-corrected chi connectivity index (χ3v) is 3.81. The highest BCUT2D eigenvalue weighted by molar-refractivity contribution is 6.20. The fourth-order valence-electron chi connectivity index (χ4n) is 2.46. The number of H-pyrrole nitrogens is 1. The number of hydrogen-bond donors (Lipinski definition) is 1. The van der Waals surface area contributed by atoms with E-state index in [1.165, 1.54) is 19.3 Å². The number of aromatic nitrogens is 2. The van der Waals surface area contributed by atoms with E-state index in [0.29, 0.717) is 5.92 Å². The van der Waals surface area contributed by atoms with Gasteiger partial charge < -0.3 is 4.98 Å². The van der Waals surface area contributed by atoms with Crippen LogP contribution in [0.4, 0.5) is 0 Å². The fraction of sp³-hybridized carbons (Fsp3) is 0.727. The number of aromatic amines is 1. The summed E-state index contributed by atoms with van der Waals surface area (Å²) in [5.41, 5.74) is 0. The van der Waals surface area contributed by atoms with Crippen molar-refractivity contribution < 1.29 is 0 Å². The van der Waals surface area contributed by atoms with E-state index in [9.17, 15) is 0 Å². The molecular weight excluding hydrogens is 196 g/mol. The number of alkyl halides is 1. The molecule has 0 aliphatic heterocycles. The van der Waals surface area contributed by atoms with Crippen LogP contribution < -0.4 is 0 Å². The SMILES string of the molecule is CC1CCCC1C(Cl)Cc1ncc[nH]1. The minimum absolute atomic E-state index is 0.249. The van der Waals surface area contributed by atoms with Crippen molar-refractivity contribution in [2.45, 2.75) is 38.0 Å². The lowest BCUT2D eigenvalue weighted by Crippen LogP contribution is -2.20. The first-order chi connectivity index (χ1) is 6.77. The first-order valence-electron chi connectivity index (χ1n) is 5.39. The third kappa shape index (κ3) is 2.11. The molecule has 0 bridgehead atoms. The Hall–Kier alpha value is -0.500. The normalized spacial score (nSPS) is 29.3. The Bertz CT molecular complexity index is 271. The number of imidazole rings is 1. The van der Waals surface area contributed by atoms with Crippen molar-refractivity contribution in [2.24, 2.45) is 11.8 Å². The molecule has 1 saturated carbocycles. The lowest BCUT2D eigenvalue weighted by atomic mass is 9.92. The maximum Gasteiger partial charge on any atom is 0.107 e. The highest BCUT2D eigenvalue weighted by Crippen LogP contribution is 2.36. The van der Waals surface area contributed by atoms with Gasteiger partial charge in [0.25, 0.3) is 0 Å². The molecule has 1 heterocycles. The second-order valence-electron chi connectivity index (χ2n) is 4.33. The van der Waals surface area contributed by atoms with Gasteiger partial charge in [-0.1, -0.05) is 19.8 Å². The minimum Gasteiger partial charge on any atom is -0.349 e. The van der Waals surface area contributed by atoms with Crippen molar-refractivity contribution in [2.75, 3.05) is 0 Å². The molecule has 1 aromatic rings. The van der Waals surface area contributed by atoms with Crippen molar-refractivity contribution >= 4 is 11.6 Å². The van der Waals surface area contributed by atoms with Gasteiger partial charge in [0, 0.05) is 24.2 Å². The molecule has 3 heteroatoms. The molecule has 2 nitrogen and oxygen atoms in total. The van der Waals surface area contributed by atoms with Crippen molar-refractivity contribution in [1.29, 1.82) is 0 Å². The van der Waals surface area contributed by atoms with Crippen LogP contribution in [0.15, 0.2) is 12.4 Å². The maximum absolute atomic E-state index is 6.41. The third-order valence-electron chi connectivity index (χ3n) is 3.34. The van der Waals surface area contributed by atoms with E-state index in [1.807, 2.05) is 6.20 Å². The lowest BCUT2D eigenvalue weighted by molar-refractivity contribution is 0.396. The van der Waals surface area contributed by atoms with Gasteiger partial charge in [0.2, 0.25) is 0 Å². The Morgan fingerprint density at radius 2 is 2.50 bits per heavy atom. The molecule has 1 aliphatic carbocycles. The van der Waals surface area contributed by atoms with E-state index < -0.39 is 0 Å². The molecule has 0 spiro atoms. The van der Waals surface area contributed by atoms with E-state index >= 15 is 0 Å². The van der Waals surface area contributed by atoms with Crippen LogP contribution in [0, 0.1) is 11.8 Å². The molecule has 1 N–H and O–H groups in total. The summed E-state index contributed by atoms with van der Waals surface area (Å²) in [6.07, 6.45) is 8.49. The van der Waals surface area contributed by atoms with Gasteiger partial charge in [0.1, 0.15) is 5.82 Å². The summed E-state index contributed by atoms with van der Waals surface area (Å²) in [6, 6.07) is 0. The molecule has 3 unspecified atom stereocenters. The van der Waals surface area contributed by atoms with Crippen LogP contribution in [0.3, 0.4) is 0 Å². The van der Waals surface area contributed by atoms with Gasteiger partial charge in [-0.2, -0.15) is 0 Å². The molecule has 14 heavy (non-hydrogen) atoms. The number of nitrogens with zero attached hydrogens (tertiary/aromatic N) is 1. The van der Waals surface area contributed by atoms with Gasteiger partial charge in [0.15, 0.2) is 0 Å². The molecule has 0 amide bonds. The largest absolute Gasteiger partial charge is 0.349 e. The standard InChI is InChI=1S/C11H17ClN2/c1-8-3-2-4-9(8)10(12)7-11-13-5-6-14-11/h5-6,8-10H,2-4,7H2,1H3,(H,13,14). The number of nitrogens with one attached hydrogen (secondary N) is 1. The van der Waals surface area contributed by atoms with Crippen LogP contribution in [0.2, 0.25) is 0 Å². The zero-order valence-corrected chi connectivity index (χ0v) is 9.30. The molecule has 1 aliphatic rings. The highest BCUT2D eigenvalue weighted by Gasteiger charge is 2.29. The average molecular weight is 213 g/mol. The monoisotopic (exact) mass is 212 g/mol. The van der Waals surface area contributed by atoms with Gasteiger partial charge in [-0.05, 0) is 18.3 Å². The van der Waals surface area contributed by atoms with Crippen LogP contribution in [0.1, 0.15) is 32.0 Å². The zero-order chi connectivity index (χ0) is 9.97. The smallest absolute Gasteiger partial charge is 0.107 e. The van der Waals surface area contributed by atoms with Gasteiger partial charge in [0.05, 0.1) is 0 Å². The average Bonchev–Trinajstić information content (AvgIpc) is 2.75. The van der Waals surface area contributed by atoms with Crippen molar-refractivity contribution in [3.05, 3.63) is 18.2 Å². The second kappa shape index (κ2) is 4.35. The summed E-state index contributed by atoms with van der Waals surface area (Å²) < 4.78 is 0. The quantitative estimate of drug-likeness (QED) is 0.767. The maximum atomic E-state index is 6.41. The van der Waals surface area contributed by atoms with Crippen molar-refractivity contribution in [3.63, 3.8) is 0 Å². The van der Waals surface area contributed by atoms with Crippen molar-refractivity contribution in [3.8, 4) is 0 Å². The van der Waals surface area contributed by atoms with E-state index in [4.69, 9.17) is 11.6 Å². The van der Waals surface area contributed by atoms with Gasteiger partial charge in [-0.3, -0.25) is 0 Å². The van der Waals surface area contributed by atoms with Gasteiger partial charge in [-0.15, -0.1) is 11.6 Å². The predicted octanol–water partition coefficient (Wildman–Crippen LogP) is 3.00. The van der Waals surface area contributed by atoms with Crippen LogP contribution >= 0.6 is 11.6 Å². The first-order valence-corrected chi connectivity index (χ1v) is 5.83. The lowest BCUT2D eigenvalue weighted by Gasteiger charge is -2.20. The fourth-order valence-corrected chi connectivity index (χ4v) is 2.98. The molecular formula is C11H17ClN2. The second-order valence-corrected chi connectivity index (χ2v) is 4.89. The molecule has 0 radical (unpaired) electrons. The summed E-state index contributed by atoms with van der Waals surface area (Å²) in [4.78, 5) is 7.32. The van der Waals surface area contributed by atoms with Crippen LogP contribution in [-0.2, 0) is 6.42 Å². The Morgan fingerprint density at radius 3 is 3.07 bits per heavy atom. The molecule has 1 aromatic heterocycles. The summed E-state index contributed by atoms with van der Waals surface area (Å²) in [6.45, 7) is 2.31. The van der Waals surface area contributed by atoms with E-state index in [1.54, 1.807) is 6.20 Å². The Morgan fingerprint density at radius 1 is 1.64 bits per heavy atom. The van der Waals surface area contributed by atoms with Gasteiger partial charge in [-0.25, -0.2) is 4.98 Å². The van der Waals surface area contributed by atoms with E-state index in [0.717, 1.165) is 18.2 Å². The molecule has 0 aromatic carbocycles. The van der Waals surface area contributed by atoms with E-state index in [-0.39, 0.29) is 5.38 Å². The Kier molecular flexibility index (Phi) is 3.12. The zero-order valence-electron chi connectivity index (χ0n) is 8.54. The molecule has 78 valence electrons. The Labute approximate surface area is 90.1 Å². The molecule has 3 atom stereocenters. The topological polar surface area (TPSA) is 28.7 Å². The van der Waals surface area contributed by atoms with Crippen LogP contribution in [-0.4, -0.2) is 15.3 Å². The predicted molar refractivity (Wildman–Crippen MR) is 58.4 cm³/mol. The summed E-state index contributed by atoms with van der Waals surface area (Å²) in [5.74, 6) is 2.48. The summed E-state index contributed by atoms with van der Waals surface area (Å²) in [5, 5.41) is 0.249. The van der Waals surface area contributed by atoms with Crippen LogP contribution in [0.25, 0.3) is 0 Å². The number of rotatable bonds is 3. The molecule has 2 rings (SSSR count). The Balaban J connectivity index is 1.92. The molecule has 0 saturated heterocycles. The van der Waals surface area contributed by atoms with Gasteiger partial charge >= 0.3 is 0 Å². The number of halogens is 1. The van der Waals surface area contributed by atoms with Crippen LogP contribution in [0.5, 0.6) is 0 Å². The minimum atomic E-state index is 0.249. The van der Waals surface area contributed by atoms with Crippen molar-refractivity contribution in [1.82, 2.24) is 9.97 Å². The van der Waals surface area contributed by atoms with E-state index in [2.05, 4.69) is 16.9 Å². The molecule has 1 fully saturated rings.